The van der Waals surface area contributed by atoms with E-state index < -0.39 is 260 Å². The number of thioether (sulfide) groups is 2. The van der Waals surface area contributed by atoms with Crippen LogP contribution in [0, 0.1) is 17.5 Å². The molecule has 0 fully saturated rings. The van der Waals surface area contributed by atoms with Crippen molar-refractivity contribution in [3.05, 3.63) is 234 Å². The van der Waals surface area contributed by atoms with Crippen molar-refractivity contribution in [2.75, 3.05) is 52.2 Å². The lowest BCUT2D eigenvalue weighted by molar-refractivity contribution is -0.138. The summed E-state index contributed by atoms with van der Waals surface area (Å²) in [5.41, 5.74) is -8.07. The van der Waals surface area contributed by atoms with Crippen LogP contribution in [0.15, 0.2) is 165 Å². The minimum absolute atomic E-state index is 0.173. The van der Waals surface area contributed by atoms with E-state index in [1.165, 1.54) is 24.3 Å². The number of carbonyl (C=O) groups is 2. The van der Waals surface area contributed by atoms with Crippen LogP contribution in [-0.4, -0.2) is 103 Å². The van der Waals surface area contributed by atoms with Crippen LogP contribution in [0.25, 0.3) is 22.3 Å². The number of nitrogens with zero attached hydrogens (tertiary/aromatic N) is 8. The smallest absolute Gasteiger partial charge is 0.336 e. The van der Waals surface area contributed by atoms with E-state index >= 15 is 4.79 Å². The van der Waals surface area contributed by atoms with Crippen molar-refractivity contribution in [2.24, 2.45) is 5.89 Å². The maximum Gasteiger partial charge on any atom is 0.416 e. The summed E-state index contributed by atoms with van der Waals surface area (Å²) in [5, 5.41) is -1.08. The Morgan fingerprint density at radius 2 is 0.989 bits per heavy atom. The number of hydrogen-bond donors (Lipinski definition) is 0. The summed E-state index contributed by atoms with van der Waals surface area (Å²) in [5.74, 6) is -8.52. The third-order valence-corrected chi connectivity index (χ3v) is 16.3. The minimum atomic E-state index is -5.38. The second-order valence-electron chi connectivity index (χ2n) is 20.7. The normalized spacial score (nSPS) is 20.8. The van der Waals surface area contributed by atoms with Gasteiger partial charge in [-0.3, -0.25) is 19.2 Å². The quantitative estimate of drug-likeness (QED) is 0.0295. The number of rotatable bonds is 26. The second-order valence-corrected chi connectivity index (χ2v) is 22.6. The van der Waals surface area contributed by atoms with Gasteiger partial charge in [-0.1, -0.05) is 155 Å². The first kappa shape index (κ1) is 41.9. The standard InChI is InChI=1S/C37H40F4N4O2S.C36H38F4N4O2S/c1-4-43(5-2)18-19-44(22-26-6-10-28(11-7-26)29-12-14-30(15-13-29)37(39,40)41)34(46)23-45-33-21-25(3)20-32(33)35(47)42-36(45)48-24-27-8-16-31(38)17-9-27;1-3-42(4-2)20-21-43(22-25-8-12-27(13-9-25)28-14-16-29(17-15-28)36(38,39)40)33(45)23-44-32-7-5-6-31(32)34(46)41-35(44)47-24-26-10-18-30(37)19-11-26/h6-17,25H,4-5,18-24H2,1-3H3;8-19H,3-7,20-24H2,1-2H3/i4D2,5D2,6D,7D,10D,11D,12D,13D,14D,15D,20D2,21D2,23D2,25D;3D2,4D2,10D,11D,18D,19D,23D2. The first-order valence-corrected chi connectivity index (χ1v) is 30.8. The van der Waals surface area contributed by atoms with Gasteiger partial charge in [-0.05, 0) is 157 Å². The number of fused-ring (bicyclic) bond motifs is 2. The number of hydrogen-bond acceptors (Lipinski definition) is 10. The summed E-state index contributed by atoms with van der Waals surface area (Å²) >= 11 is 1.18. The Morgan fingerprint density at radius 1 is 0.537 bits per heavy atom. The molecular weight excluding hydrogens is 1270 g/mol. The van der Waals surface area contributed by atoms with E-state index in [1.54, 1.807) is 24.3 Å². The van der Waals surface area contributed by atoms with Crippen molar-refractivity contribution in [3.63, 3.8) is 0 Å². The van der Waals surface area contributed by atoms with Gasteiger partial charge in [0.1, 0.15) is 24.6 Å². The van der Waals surface area contributed by atoms with Crippen LogP contribution in [0.1, 0.15) is 137 Å². The fourth-order valence-corrected chi connectivity index (χ4v) is 11.2. The van der Waals surface area contributed by atoms with Gasteiger partial charge in [0.25, 0.3) is 11.1 Å². The van der Waals surface area contributed by atoms with Crippen molar-refractivity contribution < 1.29 is 84.5 Å². The Kier molecular flexibility index (Phi) is 14.4. The van der Waals surface area contributed by atoms with E-state index in [4.69, 9.17) is 34.3 Å². The van der Waals surface area contributed by atoms with Crippen LogP contribution < -0.4 is 11.1 Å². The minimum Gasteiger partial charge on any atom is -0.336 e. The molecule has 0 radical (unpaired) electrons. The van der Waals surface area contributed by atoms with Crippen molar-refractivity contribution >= 4 is 35.3 Å². The van der Waals surface area contributed by atoms with E-state index in [-0.39, 0.29) is 51.7 Å². The molecule has 0 saturated carbocycles. The molecule has 2 aliphatic rings. The molecule has 22 heteroatoms. The van der Waals surface area contributed by atoms with Crippen LogP contribution in [0.4, 0.5) is 35.1 Å². The third-order valence-electron chi connectivity index (χ3n) is 14.4. The molecule has 2 aliphatic carbocycles. The molecule has 0 N–H and O–H groups in total. The molecule has 0 saturated heterocycles. The number of halogens is 8. The van der Waals surface area contributed by atoms with E-state index in [9.17, 15) is 55.0 Å². The van der Waals surface area contributed by atoms with Crippen LogP contribution in [-0.2, 0) is 85.1 Å². The number of aromatic nitrogens is 4. The Morgan fingerprint density at radius 3 is 1.51 bits per heavy atom. The average Bonchev–Trinajstić information content (AvgIpc) is 1.51. The maximum absolute atomic E-state index is 15.0. The van der Waals surface area contributed by atoms with Crippen molar-refractivity contribution in [1.82, 2.24) is 38.7 Å². The van der Waals surface area contributed by atoms with E-state index in [0.717, 1.165) is 73.3 Å². The van der Waals surface area contributed by atoms with Crippen LogP contribution >= 0.6 is 23.5 Å². The molecule has 12 nitrogen and oxygen atoms in total. The monoisotopic (exact) mass is 1380 g/mol. The van der Waals surface area contributed by atoms with Crippen molar-refractivity contribution in [1.29, 1.82) is 0 Å². The molecule has 0 bridgehead atoms. The Balaban J connectivity index is 0.000000285. The molecule has 6 aromatic carbocycles. The van der Waals surface area contributed by atoms with Gasteiger partial charge in [-0.2, -0.15) is 36.3 Å². The topological polar surface area (TPSA) is 117 Å². The Labute approximate surface area is 598 Å². The molecule has 2 amide bonds. The highest BCUT2D eigenvalue weighted by atomic mass is 32.2. The lowest BCUT2D eigenvalue weighted by Gasteiger charge is -2.28. The Hall–Kier alpha value is -7.92. The summed E-state index contributed by atoms with van der Waals surface area (Å²) in [6, 6.07) is 1.94. The molecule has 95 heavy (non-hydrogen) atoms. The van der Waals surface area contributed by atoms with Gasteiger partial charge in [-0.15, -0.1) is 0 Å². The highest BCUT2D eigenvalue weighted by Gasteiger charge is 2.33. The van der Waals surface area contributed by atoms with E-state index in [1.807, 2.05) is 0 Å². The summed E-state index contributed by atoms with van der Waals surface area (Å²) in [6.07, 6.45) is -15.5. The van der Waals surface area contributed by atoms with Crippen LogP contribution in [0.5, 0.6) is 0 Å². The Bertz CT molecular complexity index is 5480. The zero-order valence-corrected chi connectivity index (χ0v) is 52.9. The zero-order chi connectivity index (χ0) is 93.7. The van der Waals surface area contributed by atoms with Gasteiger partial charge in [0, 0.05) is 91.1 Å². The molecule has 0 spiro atoms. The van der Waals surface area contributed by atoms with E-state index in [0.29, 0.717) is 62.0 Å². The highest BCUT2D eigenvalue weighted by molar-refractivity contribution is 7.98. The maximum atomic E-state index is 15.0. The molecule has 502 valence electrons. The molecular formula is C73H78F8N8O4S2. The van der Waals surface area contributed by atoms with Gasteiger partial charge in [0.15, 0.2) is 10.3 Å². The van der Waals surface area contributed by atoms with Crippen LogP contribution in [0.2, 0.25) is 0 Å². The highest BCUT2D eigenvalue weighted by Crippen LogP contribution is 2.35. The van der Waals surface area contributed by atoms with Crippen molar-refractivity contribution in [2.45, 2.75) is 127 Å². The summed E-state index contributed by atoms with van der Waals surface area (Å²) in [4.78, 5) is 67.3. The molecule has 0 aliphatic heterocycles. The lowest BCUT2D eigenvalue weighted by Crippen LogP contribution is -2.40. The third kappa shape index (κ3) is 19.2. The second kappa shape index (κ2) is 32.7. The van der Waals surface area contributed by atoms with Gasteiger partial charge in [0.05, 0.1) is 33.1 Å². The molecule has 1 atom stereocenters. The largest absolute Gasteiger partial charge is 0.416 e. The predicted octanol–water partition coefficient (Wildman–Crippen LogP) is 14.7. The lowest BCUT2D eigenvalue weighted by atomic mass is 10.0. The molecule has 1 unspecified atom stereocenters. The zero-order valence-electron chi connectivity index (χ0n) is 80.3. The fourth-order valence-electron chi connectivity index (χ4n) is 9.46. The molecule has 2 aromatic heterocycles. The van der Waals surface area contributed by atoms with Gasteiger partial charge in [-0.25, -0.2) is 8.78 Å². The number of alkyl halides is 6. The summed E-state index contributed by atoms with van der Waals surface area (Å²) in [6.45, 7) is -15.3. The average molecular weight is 1380 g/mol. The predicted molar refractivity (Wildman–Crippen MR) is 358 cm³/mol. The first-order chi connectivity index (χ1) is 56.6. The number of likely N-dealkylation sites (N-methyl/N-ethyl adjacent to an activating group) is 2. The van der Waals surface area contributed by atoms with Gasteiger partial charge < -0.3 is 28.7 Å². The molecule has 8 aromatic rings. The van der Waals surface area contributed by atoms with E-state index in [2.05, 4.69) is 9.97 Å². The van der Waals surface area contributed by atoms with Gasteiger partial charge >= 0.3 is 12.4 Å². The van der Waals surface area contributed by atoms with Crippen molar-refractivity contribution in [3.8, 4) is 22.3 Å². The number of carbonyl (C=O) groups excluding carboxylic acids is 2. The van der Waals surface area contributed by atoms with Gasteiger partial charge in [0.2, 0.25) is 11.8 Å². The number of benzene rings is 6. The number of amides is 2. The van der Waals surface area contributed by atoms with Crippen LogP contribution in [0.3, 0.4) is 0 Å². The first-order valence-electron chi connectivity index (χ1n) is 43.4. The fraction of sp³-hybridized carbons (Fsp3) is 0.370. The summed E-state index contributed by atoms with van der Waals surface area (Å²) < 4.78 is 358. The molecule has 2 heterocycles. The summed E-state index contributed by atoms with van der Waals surface area (Å²) in [7, 11) is 0. The molecule has 10 rings (SSSR count). The SMILES string of the molecule is [2H]c1c([2H])c(-c2c([2H])c([2H])c(C(F)(F)F)c([2H])c2[2H])c([2H])c([2H])c1CN(CCN(C([2H])([2H])C)C([2H])([2H])C)C(=O)C([2H])([2H])n1c(SCc2ccc(F)cc2)nc(=O)c2c1C([2H])([2H])C([2H])(C)C2([2H])[2H].[2H]c1c([2H])c(CSc2nc(=O)c3c(n2C([2H])([2H])C(=O)N(CCN(C([2H])([2H])C)C([2H])([2H])C)Cc2ccc(-c4ccc(C(F)(F)F)cc4)cc2)CCC3)c([2H])c([2H])c1F.